The molecule has 0 spiro atoms. The summed E-state index contributed by atoms with van der Waals surface area (Å²) in [6.07, 6.45) is 3.82. The van der Waals surface area contributed by atoms with Gasteiger partial charge >= 0.3 is 0 Å². The first kappa shape index (κ1) is 11.7. The number of anilines is 1. The van der Waals surface area contributed by atoms with Crippen molar-refractivity contribution in [1.82, 2.24) is 4.98 Å². The molecule has 1 aromatic heterocycles. The summed E-state index contributed by atoms with van der Waals surface area (Å²) in [5.74, 6) is 0.672. The molecular formula is C16H16N2O2. The van der Waals surface area contributed by atoms with Crippen molar-refractivity contribution in [2.24, 2.45) is 0 Å². The Morgan fingerprint density at radius 1 is 1.30 bits per heavy atom. The monoisotopic (exact) mass is 268 g/mol. The summed E-state index contributed by atoms with van der Waals surface area (Å²) in [5.41, 5.74) is 4.16. The molecule has 1 aromatic carbocycles. The van der Waals surface area contributed by atoms with E-state index in [0.717, 1.165) is 47.3 Å². The lowest BCUT2D eigenvalue weighted by atomic mass is 9.92. The van der Waals surface area contributed by atoms with E-state index in [2.05, 4.69) is 5.32 Å². The van der Waals surface area contributed by atoms with Crippen molar-refractivity contribution >= 4 is 22.5 Å². The predicted octanol–water partition coefficient (Wildman–Crippen LogP) is 2.83. The average Bonchev–Trinajstić information content (AvgIpc) is 2.58. The van der Waals surface area contributed by atoms with Gasteiger partial charge in [-0.25, -0.2) is 0 Å². The Hall–Kier alpha value is -2.10. The molecule has 1 atom stereocenters. The first-order chi connectivity index (χ1) is 9.74. The van der Waals surface area contributed by atoms with Crippen LogP contribution in [0.5, 0.6) is 5.75 Å². The molecular weight excluding hydrogens is 252 g/mol. The Bertz CT molecular complexity index is 724. The van der Waals surface area contributed by atoms with Crippen LogP contribution in [0.2, 0.25) is 0 Å². The second kappa shape index (κ2) is 4.20. The minimum absolute atomic E-state index is 0.0820. The SMILES string of the molecule is CC1Oc2cccc3nc4c(c(c23)NC1=O)CCCC4. The molecule has 20 heavy (non-hydrogen) atoms. The zero-order valence-electron chi connectivity index (χ0n) is 11.4. The van der Waals surface area contributed by atoms with Crippen molar-refractivity contribution in [1.29, 1.82) is 0 Å². The molecule has 1 aliphatic heterocycles. The zero-order valence-corrected chi connectivity index (χ0v) is 11.4. The normalized spacial score (nSPS) is 20.9. The van der Waals surface area contributed by atoms with Crippen LogP contribution in [0.15, 0.2) is 18.2 Å². The van der Waals surface area contributed by atoms with Crippen LogP contribution in [-0.4, -0.2) is 17.0 Å². The third-order valence-electron chi connectivity index (χ3n) is 4.17. The average molecular weight is 268 g/mol. The van der Waals surface area contributed by atoms with Crippen LogP contribution in [0, 0.1) is 0 Å². The summed E-state index contributed by atoms with van der Waals surface area (Å²) in [7, 11) is 0. The Labute approximate surface area is 117 Å². The fraction of sp³-hybridized carbons (Fsp3) is 0.375. The van der Waals surface area contributed by atoms with Gasteiger partial charge in [0, 0.05) is 5.69 Å². The molecule has 4 heteroatoms. The third kappa shape index (κ3) is 1.60. The molecule has 1 N–H and O–H groups in total. The predicted molar refractivity (Wildman–Crippen MR) is 77.1 cm³/mol. The number of rotatable bonds is 0. The summed E-state index contributed by atoms with van der Waals surface area (Å²) in [4.78, 5) is 16.9. The molecule has 1 unspecified atom stereocenters. The number of benzene rings is 1. The van der Waals surface area contributed by atoms with Gasteiger partial charge in [0.1, 0.15) is 5.75 Å². The molecule has 2 aliphatic rings. The second-order valence-electron chi connectivity index (χ2n) is 5.52. The molecule has 2 aromatic rings. The highest BCUT2D eigenvalue weighted by atomic mass is 16.5. The molecule has 0 bridgehead atoms. The molecule has 0 radical (unpaired) electrons. The highest BCUT2D eigenvalue weighted by Crippen LogP contribution is 2.39. The maximum absolute atomic E-state index is 12.2. The Kier molecular flexibility index (Phi) is 2.46. The largest absolute Gasteiger partial charge is 0.480 e. The van der Waals surface area contributed by atoms with Crippen LogP contribution in [-0.2, 0) is 17.6 Å². The van der Waals surface area contributed by atoms with Gasteiger partial charge in [-0.05, 0) is 50.3 Å². The van der Waals surface area contributed by atoms with Crippen LogP contribution >= 0.6 is 0 Å². The first-order valence-electron chi connectivity index (χ1n) is 7.16. The number of ether oxygens (including phenoxy) is 1. The molecule has 102 valence electrons. The van der Waals surface area contributed by atoms with E-state index in [9.17, 15) is 4.79 Å². The van der Waals surface area contributed by atoms with Crippen LogP contribution < -0.4 is 10.1 Å². The highest BCUT2D eigenvalue weighted by molar-refractivity contribution is 6.08. The van der Waals surface area contributed by atoms with E-state index in [1.54, 1.807) is 6.92 Å². The molecule has 0 saturated carbocycles. The number of nitrogens with zero attached hydrogens (tertiary/aromatic N) is 1. The van der Waals surface area contributed by atoms with Gasteiger partial charge in [-0.3, -0.25) is 9.78 Å². The molecule has 0 fully saturated rings. The van der Waals surface area contributed by atoms with E-state index < -0.39 is 6.10 Å². The van der Waals surface area contributed by atoms with Gasteiger partial charge < -0.3 is 10.1 Å². The van der Waals surface area contributed by atoms with Crippen molar-refractivity contribution in [2.75, 3.05) is 5.32 Å². The van der Waals surface area contributed by atoms with Crippen LogP contribution in [0.25, 0.3) is 10.9 Å². The minimum atomic E-state index is -0.479. The number of pyridine rings is 1. The van der Waals surface area contributed by atoms with Crippen molar-refractivity contribution in [3.63, 3.8) is 0 Å². The molecule has 4 rings (SSSR count). The molecule has 0 saturated heterocycles. The fourth-order valence-electron chi connectivity index (χ4n) is 3.15. The minimum Gasteiger partial charge on any atom is -0.480 e. The molecule has 1 aliphatic carbocycles. The standard InChI is InChI=1S/C16H16N2O2/c1-9-16(19)18-15-10-5-2-3-6-11(10)17-12-7-4-8-13(20-9)14(12)15/h4,7-9H,2-3,5-6H2,1H3,(H,18,19). The van der Waals surface area contributed by atoms with Crippen LogP contribution in [0.4, 0.5) is 5.69 Å². The van der Waals surface area contributed by atoms with Crippen molar-refractivity contribution < 1.29 is 9.53 Å². The van der Waals surface area contributed by atoms with Crippen LogP contribution in [0.3, 0.4) is 0 Å². The fourth-order valence-corrected chi connectivity index (χ4v) is 3.15. The second-order valence-corrected chi connectivity index (χ2v) is 5.52. The highest BCUT2D eigenvalue weighted by Gasteiger charge is 2.27. The number of carbonyl (C=O) groups excluding carboxylic acids is 1. The summed E-state index contributed by atoms with van der Waals surface area (Å²) in [6.45, 7) is 1.78. The lowest BCUT2D eigenvalue weighted by molar-refractivity contribution is -0.121. The van der Waals surface area contributed by atoms with Gasteiger partial charge in [0.05, 0.1) is 16.6 Å². The van der Waals surface area contributed by atoms with Gasteiger partial charge in [0.15, 0.2) is 6.10 Å². The Balaban J connectivity index is 2.08. The Morgan fingerprint density at radius 2 is 2.15 bits per heavy atom. The first-order valence-corrected chi connectivity index (χ1v) is 7.16. The molecule has 1 amide bonds. The smallest absolute Gasteiger partial charge is 0.265 e. The molecule has 2 heterocycles. The number of nitrogens with one attached hydrogen (secondary N) is 1. The number of amides is 1. The van der Waals surface area contributed by atoms with Crippen molar-refractivity contribution in [3.8, 4) is 5.75 Å². The lowest BCUT2D eigenvalue weighted by Crippen LogP contribution is -2.28. The van der Waals surface area contributed by atoms with E-state index >= 15 is 0 Å². The van der Waals surface area contributed by atoms with E-state index in [-0.39, 0.29) is 5.91 Å². The number of carbonyl (C=O) groups is 1. The quantitative estimate of drug-likeness (QED) is 0.799. The topological polar surface area (TPSA) is 51.2 Å². The van der Waals surface area contributed by atoms with E-state index in [1.807, 2.05) is 18.2 Å². The van der Waals surface area contributed by atoms with Crippen LogP contribution in [0.1, 0.15) is 31.0 Å². The number of aryl methyl sites for hydroxylation is 1. The summed E-state index contributed by atoms with van der Waals surface area (Å²) < 4.78 is 5.78. The van der Waals surface area contributed by atoms with E-state index in [1.165, 1.54) is 12.0 Å². The van der Waals surface area contributed by atoms with Gasteiger partial charge in [-0.1, -0.05) is 6.07 Å². The number of fused-ring (bicyclic) bond motifs is 2. The Morgan fingerprint density at radius 3 is 3.05 bits per heavy atom. The van der Waals surface area contributed by atoms with Crippen molar-refractivity contribution in [3.05, 3.63) is 29.5 Å². The lowest BCUT2D eigenvalue weighted by Gasteiger charge is -2.20. The van der Waals surface area contributed by atoms with Gasteiger partial charge in [-0.2, -0.15) is 0 Å². The van der Waals surface area contributed by atoms with Gasteiger partial charge in [0.2, 0.25) is 0 Å². The van der Waals surface area contributed by atoms with Crippen molar-refractivity contribution in [2.45, 2.75) is 38.7 Å². The summed E-state index contributed by atoms with van der Waals surface area (Å²) in [6, 6.07) is 5.84. The maximum atomic E-state index is 12.2. The molecule has 4 nitrogen and oxygen atoms in total. The number of hydrogen-bond acceptors (Lipinski definition) is 3. The maximum Gasteiger partial charge on any atom is 0.265 e. The van der Waals surface area contributed by atoms with E-state index in [4.69, 9.17) is 9.72 Å². The zero-order chi connectivity index (χ0) is 13.7. The number of aromatic nitrogens is 1. The number of hydrogen-bond donors (Lipinski definition) is 1. The van der Waals surface area contributed by atoms with Gasteiger partial charge in [0.25, 0.3) is 5.91 Å². The summed E-state index contributed by atoms with van der Waals surface area (Å²) in [5, 5.41) is 4.01. The van der Waals surface area contributed by atoms with E-state index in [0.29, 0.717) is 0 Å². The summed E-state index contributed by atoms with van der Waals surface area (Å²) >= 11 is 0. The third-order valence-corrected chi connectivity index (χ3v) is 4.17. The van der Waals surface area contributed by atoms with Gasteiger partial charge in [-0.15, -0.1) is 0 Å².